The van der Waals surface area contributed by atoms with Gasteiger partial charge in [-0.25, -0.2) is 4.98 Å². The quantitative estimate of drug-likeness (QED) is 0.111. The van der Waals surface area contributed by atoms with Gasteiger partial charge in [-0.05, 0) is 92.4 Å². The van der Waals surface area contributed by atoms with E-state index in [1.165, 1.54) is 6.07 Å². The third kappa shape index (κ3) is 5.59. The molecule has 5 rings (SSSR count). The predicted molar refractivity (Wildman–Crippen MR) is 158 cm³/mol. The van der Waals surface area contributed by atoms with Crippen molar-refractivity contribution in [3.8, 4) is 17.2 Å². The summed E-state index contributed by atoms with van der Waals surface area (Å²) < 4.78 is 5.90. The van der Waals surface area contributed by atoms with Crippen molar-refractivity contribution < 1.29 is 19.2 Å². The highest BCUT2D eigenvalue weighted by Crippen LogP contribution is 2.36. The number of nitro benzene ring substituents is 1. The average Bonchev–Trinajstić information content (AvgIpc) is 3.38. The lowest BCUT2D eigenvalue weighted by Gasteiger charge is -2.28. The van der Waals surface area contributed by atoms with E-state index in [-0.39, 0.29) is 28.0 Å². The molecule has 0 bridgehead atoms. The molecule has 1 fully saturated rings. The van der Waals surface area contributed by atoms with Crippen LogP contribution >= 0.6 is 12.2 Å². The summed E-state index contributed by atoms with van der Waals surface area (Å²) in [6.07, 6.45) is 3.92. The topological polar surface area (TPSA) is 134 Å². The molecule has 1 amide bonds. The van der Waals surface area contributed by atoms with Gasteiger partial charge in [0.2, 0.25) is 5.89 Å². The molecule has 2 heterocycles. The Morgan fingerprint density at radius 1 is 1.15 bits per heavy atom. The number of benzene rings is 3. The molecule has 206 valence electrons. The van der Waals surface area contributed by atoms with E-state index in [1.54, 1.807) is 31.2 Å². The number of aromatic nitrogens is 1. The minimum absolute atomic E-state index is 0.00560. The van der Waals surface area contributed by atoms with Crippen LogP contribution in [-0.4, -0.2) is 39.1 Å². The second-order valence-corrected chi connectivity index (χ2v) is 10.2. The molecule has 0 saturated carbocycles. The molecule has 3 N–H and O–H groups in total. The second kappa shape index (κ2) is 11.3. The Morgan fingerprint density at radius 2 is 1.93 bits per heavy atom. The number of amides is 1. The maximum absolute atomic E-state index is 12.9. The zero-order chi connectivity index (χ0) is 28.4. The standard InChI is InChI=1S/C29H29N5O5S/c1-3-18-7-10-25-22(14-18)31-28(39-25)21-16-20(13-17(2)26(21)35)30-29(40)32-27(36)19-8-9-23(24(15-19)34(37)38)33-11-5-4-6-12-33/h7-10,13-16,35H,3-6,11-12H2,1-2H3,(H2,30,32,36,40). The van der Waals surface area contributed by atoms with Gasteiger partial charge in [0, 0.05) is 30.4 Å². The molecule has 0 aliphatic carbocycles. The molecular weight excluding hydrogens is 530 g/mol. The van der Waals surface area contributed by atoms with Crippen molar-refractivity contribution in [3.05, 3.63) is 75.3 Å². The average molecular weight is 560 g/mol. The predicted octanol–water partition coefficient (Wildman–Crippen LogP) is 6.10. The fourth-order valence-corrected chi connectivity index (χ4v) is 5.08. The van der Waals surface area contributed by atoms with Gasteiger partial charge < -0.3 is 19.7 Å². The highest BCUT2D eigenvalue weighted by Gasteiger charge is 2.24. The number of phenols is 1. The Kier molecular flexibility index (Phi) is 7.65. The van der Waals surface area contributed by atoms with E-state index in [1.807, 2.05) is 23.1 Å². The molecule has 0 spiro atoms. The van der Waals surface area contributed by atoms with Crippen LogP contribution in [-0.2, 0) is 6.42 Å². The third-order valence-corrected chi connectivity index (χ3v) is 7.21. The number of nitro groups is 1. The molecule has 0 unspecified atom stereocenters. The fraction of sp³-hybridized carbons (Fsp3) is 0.276. The summed E-state index contributed by atoms with van der Waals surface area (Å²) in [5.74, 6) is -0.306. The first-order valence-electron chi connectivity index (χ1n) is 13.1. The first kappa shape index (κ1) is 27.1. The van der Waals surface area contributed by atoms with Gasteiger partial charge in [-0.2, -0.15) is 0 Å². The second-order valence-electron chi connectivity index (χ2n) is 9.78. The maximum Gasteiger partial charge on any atom is 0.293 e. The number of carbonyl (C=O) groups is 1. The number of piperidine rings is 1. The number of nitrogens with one attached hydrogen (secondary N) is 2. The van der Waals surface area contributed by atoms with Crippen molar-refractivity contribution in [1.82, 2.24) is 10.3 Å². The number of carbonyl (C=O) groups excluding carboxylic acids is 1. The van der Waals surface area contributed by atoms with Crippen molar-refractivity contribution >= 4 is 51.4 Å². The zero-order valence-electron chi connectivity index (χ0n) is 22.2. The third-order valence-electron chi connectivity index (χ3n) is 7.01. The van der Waals surface area contributed by atoms with Crippen molar-refractivity contribution in [2.24, 2.45) is 0 Å². The van der Waals surface area contributed by atoms with E-state index in [0.29, 0.717) is 33.6 Å². The normalized spacial score (nSPS) is 13.3. The maximum atomic E-state index is 12.9. The molecule has 1 saturated heterocycles. The number of hydrogen-bond acceptors (Lipinski definition) is 8. The van der Waals surface area contributed by atoms with Gasteiger partial charge >= 0.3 is 0 Å². The van der Waals surface area contributed by atoms with Gasteiger partial charge in [0.25, 0.3) is 11.6 Å². The minimum atomic E-state index is -0.577. The van der Waals surface area contributed by atoms with Crippen LogP contribution in [0.4, 0.5) is 17.1 Å². The molecule has 10 nitrogen and oxygen atoms in total. The van der Waals surface area contributed by atoms with Gasteiger partial charge in [-0.15, -0.1) is 0 Å². The van der Waals surface area contributed by atoms with Gasteiger partial charge in [0.1, 0.15) is 17.0 Å². The SMILES string of the molecule is CCc1ccc2oc(-c3cc(NC(=S)NC(=O)c4ccc(N5CCCCC5)c([N+](=O)[O-])c4)cc(C)c3O)nc2c1. The van der Waals surface area contributed by atoms with Gasteiger partial charge in [0.15, 0.2) is 10.7 Å². The van der Waals surface area contributed by atoms with Crippen LogP contribution < -0.4 is 15.5 Å². The summed E-state index contributed by atoms with van der Waals surface area (Å²) in [6, 6.07) is 13.5. The smallest absolute Gasteiger partial charge is 0.293 e. The summed E-state index contributed by atoms with van der Waals surface area (Å²) in [5.41, 5.74) is 4.35. The number of fused-ring (bicyclic) bond motifs is 1. The van der Waals surface area contributed by atoms with Crippen molar-refractivity contribution in [1.29, 1.82) is 0 Å². The van der Waals surface area contributed by atoms with E-state index < -0.39 is 10.8 Å². The number of phenolic OH excluding ortho intramolecular Hbond substituents is 1. The summed E-state index contributed by atoms with van der Waals surface area (Å²) in [6.45, 7) is 5.28. The molecule has 1 aliphatic rings. The molecule has 0 radical (unpaired) electrons. The number of aryl methyl sites for hydroxylation is 2. The number of aromatic hydroxyl groups is 1. The summed E-state index contributed by atoms with van der Waals surface area (Å²) in [7, 11) is 0. The van der Waals surface area contributed by atoms with E-state index >= 15 is 0 Å². The number of rotatable bonds is 6. The van der Waals surface area contributed by atoms with Crippen LogP contribution in [0.1, 0.15) is 47.7 Å². The molecular formula is C29H29N5O5S. The first-order chi connectivity index (χ1) is 19.2. The molecule has 1 aromatic heterocycles. The number of oxazole rings is 1. The van der Waals surface area contributed by atoms with Crippen molar-refractivity contribution in [3.63, 3.8) is 0 Å². The highest BCUT2D eigenvalue weighted by molar-refractivity contribution is 7.80. The van der Waals surface area contributed by atoms with Crippen LogP contribution in [0, 0.1) is 17.0 Å². The first-order valence-corrected chi connectivity index (χ1v) is 13.5. The Bertz CT molecular complexity index is 1630. The van der Waals surface area contributed by atoms with E-state index in [9.17, 15) is 20.0 Å². The highest BCUT2D eigenvalue weighted by atomic mass is 32.1. The van der Waals surface area contributed by atoms with Crippen LogP contribution in [0.25, 0.3) is 22.6 Å². The lowest BCUT2D eigenvalue weighted by atomic mass is 10.1. The Labute approximate surface area is 236 Å². The number of nitrogens with zero attached hydrogens (tertiary/aromatic N) is 3. The van der Waals surface area contributed by atoms with Crippen LogP contribution in [0.2, 0.25) is 0 Å². The number of thiocarbonyl (C=S) groups is 1. The van der Waals surface area contributed by atoms with Gasteiger partial charge in [-0.1, -0.05) is 13.0 Å². The largest absolute Gasteiger partial charge is 0.507 e. The van der Waals surface area contributed by atoms with Crippen LogP contribution in [0.5, 0.6) is 5.75 Å². The lowest BCUT2D eigenvalue weighted by Crippen LogP contribution is -2.34. The molecule has 11 heteroatoms. The Morgan fingerprint density at radius 3 is 2.65 bits per heavy atom. The van der Waals surface area contributed by atoms with Gasteiger partial charge in [0.05, 0.1) is 10.5 Å². The van der Waals surface area contributed by atoms with E-state index in [2.05, 4.69) is 22.5 Å². The summed E-state index contributed by atoms with van der Waals surface area (Å²) >= 11 is 5.35. The van der Waals surface area contributed by atoms with Crippen LogP contribution in [0.15, 0.2) is 52.9 Å². The molecule has 0 atom stereocenters. The molecule has 4 aromatic rings. The van der Waals surface area contributed by atoms with Crippen molar-refractivity contribution in [2.75, 3.05) is 23.3 Å². The monoisotopic (exact) mass is 559 g/mol. The zero-order valence-corrected chi connectivity index (χ0v) is 23.0. The molecule has 40 heavy (non-hydrogen) atoms. The molecule has 3 aromatic carbocycles. The fourth-order valence-electron chi connectivity index (χ4n) is 4.87. The van der Waals surface area contributed by atoms with E-state index in [4.69, 9.17) is 16.6 Å². The van der Waals surface area contributed by atoms with Crippen LogP contribution in [0.3, 0.4) is 0 Å². The Hall–Kier alpha value is -4.51. The number of anilines is 2. The minimum Gasteiger partial charge on any atom is -0.507 e. The van der Waals surface area contributed by atoms with Gasteiger partial charge in [-0.3, -0.25) is 20.2 Å². The lowest BCUT2D eigenvalue weighted by molar-refractivity contribution is -0.384. The number of hydrogen-bond donors (Lipinski definition) is 3. The Balaban J connectivity index is 1.34. The summed E-state index contributed by atoms with van der Waals surface area (Å²) in [5, 5.41) is 28.0. The van der Waals surface area contributed by atoms with E-state index in [0.717, 1.165) is 44.3 Å². The van der Waals surface area contributed by atoms with Crippen molar-refractivity contribution in [2.45, 2.75) is 39.5 Å². The molecule has 1 aliphatic heterocycles. The summed E-state index contributed by atoms with van der Waals surface area (Å²) in [4.78, 5) is 30.8.